The Balaban J connectivity index is 2.01. The maximum Gasteiger partial charge on any atom is 0.339 e. The van der Waals surface area contributed by atoms with E-state index >= 15 is 0 Å². The summed E-state index contributed by atoms with van der Waals surface area (Å²) in [5.41, 5.74) is 2.35. The van der Waals surface area contributed by atoms with Crippen LogP contribution in [-0.2, 0) is 20.9 Å². The highest BCUT2D eigenvalue weighted by atomic mass is 16.5. The first-order valence-electron chi connectivity index (χ1n) is 7.34. The molecule has 0 radical (unpaired) electrons. The van der Waals surface area contributed by atoms with Crippen LogP contribution in [0.2, 0.25) is 0 Å². The number of esters is 1. The number of benzene rings is 2. The minimum Gasteiger partial charge on any atom is -0.465 e. The predicted molar refractivity (Wildman–Crippen MR) is 89.4 cm³/mol. The van der Waals surface area contributed by atoms with Crippen molar-refractivity contribution in [1.82, 2.24) is 5.32 Å². The molecule has 0 aromatic heterocycles. The Morgan fingerprint density at radius 2 is 1.62 bits per heavy atom. The van der Waals surface area contributed by atoms with Crippen molar-refractivity contribution in [2.75, 3.05) is 12.4 Å². The highest BCUT2D eigenvalue weighted by Gasteiger charge is 2.18. The standard InChI is InChI=1S/C18H18N2O4/c1-12-7-3-4-8-13(12)11-19-16(21)17(22)20-15-10-6-5-9-14(15)18(23)24-2/h3-10H,11H2,1-2H3,(H,19,21)(H,20,22). The summed E-state index contributed by atoms with van der Waals surface area (Å²) in [6, 6.07) is 13.9. The Morgan fingerprint density at radius 3 is 2.33 bits per heavy atom. The van der Waals surface area contributed by atoms with Crippen LogP contribution in [0.4, 0.5) is 5.69 Å². The summed E-state index contributed by atoms with van der Waals surface area (Å²) in [7, 11) is 1.25. The van der Waals surface area contributed by atoms with E-state index in [1.165, 1.54) is 19.2 Å². The zero-order valence-electron chi connectivity index (χ0n) is 13.5. The van der Waals surface area contributed by atoms with Gasteiger partial charge in [0.25, 0.3) is 0 Å². The van der Waals surface area contributed by atoms with Crippen molar-refractivity contribution in [3.05, 3.63) is 65.2 Å². The largest absolute Gasteiger partial charge is 0.465 e. The van der Waals surface area contributed by atoms with E-state index in [0.29, 0.717) is 0 Å². The number of ether oxygens (including phenoxy) is 1. The van der Waals surface area contributed by atoms with Gasteiger partial charge in [0, 0.05) is 6.54 Å². The van der Waals surface area contributed by atoms with Crippen LogP contribution >= 0.6 is 0 Å². The van der Waals surface area contributed by atoms with E-state index in [2.05, 4.69) is 15.4 Å². The Kier molecular flexibility index (Phi) is 5.68. The lowest BCUT2D eigenvalue weighted by atomic mass is 10.1. The Morgan fingerprint density at radius 1 is 0.958 bits per heavy atom. The van der Waals surface area contributed by atoms with Crippen LogP contribution in [0.1, 0.15) is 21.5 Å². The van der Waals surface area contributed by atoms with Gasteiger partial charge >= 0.3 is 17.8 Å². The van der Waals surface area contributed by atoms with Crippen LogP contribution in [0.3, 0.4) is 0 Å². The summed E-state index contributed by atoms with van der Waals surface area (Å²) in [6.45, 7) is 2.17. The second-order valence-electron chi connectivity index (χ2n) is 5.10. The number of rotatable bonds is 4. The minimum absolute atomic E-state index is 0.181. The monoisotopic (exact) mass is 326 g/mol. The highest BCUT2D eigenvalue weighted by molar-refractivity contribution is 6.39. The van der Waals surface area contributed by atoms with Gasteiger partial charge in [0.1, 0.15) is 0 Å². The van der Waals surface area contributed by atoms with Gasteiger partial charge in [-0.15, -0.1) is 0 Å². The summed E-state index contributed by atoms with van der Waals surface area (Å²) in [5.74, 6) is -2.22. The quantitative estimate of drug-likeness (QED) is 0.665. The second-order valence-corrected chi connectivity index (χ2v) is 5.10. The van der Waals surface area contributed by atoms with E-state index in [-0.39, 0.29) is 17.8 Å². The molecule has 0 saturated heterocycles. The van der Waals surface area contributed by atoms with Gasteiger partial charge in [-0.3, -0.25) is 9.59 Å². The van der Waals surface area contributed by atoms with Crippen molar-refractivity contribution < 1.29 is 19.1 Å². The number of hydrogen-bond acceptors (Lipinski definition) is 4. The summed E-state index contributed by atoms with van der Waals surface area (Å²) < 4.78 is 4.65. The molecule has 0 bridgehead atoms. The van der Waals surface area contributed by atoms with Crippen LogP contribution in [0.15, 0.2) is 48.5 Å². The lowest BCUT2D eigenvalue weighted by Crippen LogP contribution is -2.35. The summed E-state index contributed by atoms with van der Waals surface area (Å²) in [4.78, 5) is 35.6. The molecule has 0 atom stereocenters. The first kappa shape index (κ1) is 17.2. The highest BCUT2D eigenvalue weighted by Crippen LogP contribution is 2.15. The summed E-state index contributed by atoms with van der Waals surface area (Å²) in [6.07, 6.45) is 0. The van der Waals surface area contributed by atoms with Gasteiger partial charge in [0.05, 0.1) is 18.4 Å². The van der Waals surface area contributed by atoms with Gasteiger partial charge in [-0.1, -0.05) is 36.4 Å². The van der Waals surface area contributed by atoms with Crippen molar-refractivity contribution in [2.24, 2.45) is 0 Å². The third-order valence-electron chi connectivity index (χ3n) is 3.49. The smallest absolute Gasteiger partial charge is 0.339 e. The number of amides is 2. The molecule has 0 aliphatic heterocycles. The number of carbonyl (C=O) groups excluding carboxylic acids is 3. The molecule has 0 heterocycles. The lowest BCUT2D eigenvalue weighted by Gasteiger charge is -2.10. The fourth-order valence-corrected chi connectivity index (χ4v) is 2.12. The molecular weight excluding hydrogens is 308 g/mol. The SMILES string of the molecule is COC(=O)c1ccccc1NC(=O)C(=O)NCc1ccccc1C. The Hall–Kier alpha value is -3.15. The lowest BCUT2D eigenvalue weighted by molar-refractivity contribution is -0.136. The molecule has 24 heavy (non-hydrogen) atoms. The number of methoxy groups -OCH3 is 1. The van der Waals surface area contributed by atoms with Gasteiger partial charge in [-0.2, -0.15) is 0 Å². The fourth-order valence-electron chi connectivity index (χ4n) is 2.12. The Bertz CT molecular complexity index is 771. The fraction of sp³-hybridized carbons (Fsp3) is 0.167. The van der Waals surface area contributed by atoms with E-state index in [4.69, 9.17) is 0 Å². The number of para-hydroxylation sites is 1. The van der Waals surface area contributed by atoms with Crippen LogP contribution in [-0.4, -0.2) is 24.9 Å². The summed E-state index contributed by atoms with van der Waals surface area (Å²) >= 11 is 0. The van der Waals surface area contributed by atoms with Gasteiger partial charge in [0.15, 0.2) is 0 Å². The van der Waals surface area contributed by atoms with E-state index in [1.54, 1.807) is 12.1 Å². The minimum atomic E-state index is -0.847. The van der Waals surface area contributed by atoms with E-state index in [0.717, 1.165) is 11.1 Å². The third kappa shape index (κ3) is 4.19. The molecule has 6 heteroatoms. The van der Waals surface area contributed by atoms with Crippen LogP contribution < -0.4 is 10.6 Å². The molecule has 0 aliphatic rings. The Labute approximate surface area is 139 Å². The average Bonchev–Trinajstić information content (AvgIpc) is 2.60. The zero-order valence-corrected chi connectivity index (χ0v) is 13.5. The van der Waals surface area contributed by atoms with E-state index < -0.39 is 17.8 Å². The number of aryl methyl sites for hydroxylation is 1. The molecule has 0 unspecified atom stereocenters. The molecule has 2 amide bonds. The molecule has 6 nitrogen and oxygen atoms in total. The van der Waals surface area contributed by atoms with Crippen LogP contribution in [0.5, 0.6) is 0 Å². The molecule has 124 valence electrons. The normalized spacial score (nSPS) is 9.92. The van der Waals surface area contributed by atoms with Crippen LogP contribution in [0.25, 0.3) is 0 Å². The molecule has 2 rings (SSSR count). The van der Waals surface area contributed by atoms with Gasteiger partial charge in [0.2, 0.25) is 0 Å². The summed E-state index contributed by atoms with van der Waals surface area (Å²) in [5, 5.41) is 4.98. The number of carbonyl (C=O) groups is 3. The molecule has 0 fully saturated rings. The second kappa shape index (κ2) is 7.92. The number of hydrogen-bond donors (Lipinski definition) is 2. The van der Waals surface area contributed by atoms with Gasteiger partial charge in [-0.05, 0) is 30.2 Å². The molecular formula is C18H18N2O4. The van der Waals surface area contributed by atoms with Crippen molar-refractivity contribution in [3.8, 4) is 0 Å². The first-order chi connectivity index (χ1) is 11.5. The van der Waals surface area contributed by atoms with Crippen molar-refractivity contribution in [1.29, 1.82) is 0 Å². The van der Waals surface area contributed by atoms with Crippen molar-refractivity contribution >= 4 is 23.5 Å². The average molecular weight is 326 g/mol. The van der Waals surface area contributed by atoms with Crippen molar-refractivity contribution in [3.63, 3.8) is 0 Å². The maximum atomic E-state index is 12.0. The van der Waals surface area contributed by atoms with E-state index in [1.807, 2.05) is 31.2 Å². The molecule has 0 aliphatic carbocycles. The number of anilines is 1. The molecule has 0 spiro atoms. The molecule has 0 saturated carbocycles. The molecule has 2 aromatic carbocycles. The van der Waals surface area contributed by atoms with Gasteiger partial charge in [-0.25, -0.2) is 4.79 Å². The zero-order chi connectivity index (χ0) is 17.5. The maximum absolute atomic E-state index is 12.0. The third-order valence-corrected chi connectivity index (χ3v) is 3.49. The predicted octanol–water partition coefficient (Wildman–Crippen LogP) is 2.04. The number of nitrogens with one attached hydrogen (secondary N) is 2. The molecule has 2 aromatic rings. The van der Waals surface area contributed by atoms with Crippen LogP contribution in [0, 0.1) is 6.92 Å². The first-order valence-corrected chi connectivity index (χ1v) is 7.34. The van der Waals surface area contributed by atoms with E-state index in [9.17, 15) is 14.4 Å². The molecule has 2 N–H and O–H groups in total. The van der Waals surface area contributed by atoms with Gasteiger partial charge < -0.3 is 15.4 Å². The van der Waals surface area contributed by atoms with Crippen molar-refractivity contribution in [2.45, 2.75) is 13.5 Å². The topological polar surface area (TPSA) is 84.5 Å².